The van der Waals surface area contributed by atoms with Gasteiger partial charge in [0.05, 0.1) is 23.4 Å². The molecule has 1 aliphatic heterocycles. The Balaban J connectivity index is 1.54. The fraction of sp³-hybridized carbons (Fsp3) is 0.421. The summed E-state index contributed by atoms with van der Waals surface area (Å²) in [6.07, 6.45) is 5.30. The monoisotopic (exact) mass is 337 g/mol. The molecule has 1 saturated heterocycles. The Morgan fingerprint density at radius 1 is 1.40 bits per heavy atom. The number of nitrogens with zero attached hydrogens (tertiary/aromatic N) is 5. The SMILES string of the molecule is CN(C(=O)c1cnn(C)c1)C1CCN(Cc2cccc(C#N)c2)CC1. The number of nitriles is 1. The van der Waals surface area contributed by atoms with Crippen molar-refractivity contribution in [3.05, 3.63) is 53.3 Å². The first-order valence-electron chi connectivity index (χ1n) is 8.54. The van der Waals surface area contributed by atoms with Crippen LogP contribution < -0.4 is 0 Å². The van der Waals surface area contributed by atoms with Crippen molar-refractivity contribution in [1.82, 2.24) is 19.6 Å². The molecule has 0 radical (unpaired) electrons. The van der Waals surface area contributed by atoms with Crippen molar-refractivity contribution in [1.29, 1.82) is 5.26 Å². The predicted octanol–water partition coefficient (Wildman–Crippen LogP) is 2.03. The third-order valence-electron chi connectivity index (χ3n) is 4.84. The van der Waals surface area contributed by atoms with Gasteiger partial charge in [0.15, 0.2) is 0 Å². The molecule has 6 nitrogen and oxygen atoms in total. The summed E-state index contributed by atoms with van der Waals surface area (Å²) in [5.41, 5.74) is 2.51. The van der Waals surface area contributed by atoms with E-state index < -0.39 is 0 Å². The van der Waals surface area contributed by atoms with E-state index in [1.165, 1.54) is 0 Å². The number of benzene rings is 1. The molecule has 0 saturated carbocycles. The molecule has 1 aromatic carbocycles. The Kier molecular flexibility index (Phi) is 5.15. The maximum absolute atomic E-state index is 12.5. The number of carbonyl (C=O) groups excluding carboxylic acids is 1. The summed E-state index contributed by atoms with van der Waals surface area (Å²) in [7, 11) is 3.70. The lowest BCUT2D eigenvalue weighted by atomic mass is 10.0. The highest BCUT2D eigenvalue weighted by molar-refractivity contribution is 5.93. The maximum atomic E-state index is 12.5. The van der Waals surface area contributed by atoms with Crippen LogP contribution in [0.1, 0.15) is 34.3 Å². The third-order valence-corrected chi connectivity index (χ3v) is 4.84. The number of piperidine rings is 1. The quantitative estimate of drug-likeness (QED) is 0.856. The summed E-state index contributed by atoms with van der Waals surface area (Å²) in [6.45, 7) is 2.75. The molecule has 3 rings (SSSR count). The topological polar surface area (TPSA) is 65.2 Å². The summed E-state index contributed by atoms with van der Waals surface area (Å²) in [4.78, 5) is 16.8. The van der Waals surface area contributed by atoms with Gasteiger partial charge in [-0.1, -0.05) is 12.1 Å². The third kappa shape index (κ3) is 4.06. The van der Waals surface area contributed by atoms with Gasteiger partial charge >= 0.3 is 0 Å². The molecule has 1 aliphatic rings. The average Bonchev–Trinajstić information content (AvgIpc) is 3.07. The number of amides is 1. The van der Waals surface area contributed by atoms with Crippen molar-refractivity contribution in [2.75, 3.05) is 20.1 Å². The van der Waals surface area contributed by atoms with Crippen molar-refractivity contribution in [2.24, 2.45) is 7.05 Å². The molecule has 1 aromatic heterocycles. The molecular weight excluding hydrogens is 314 g/mol. The zero-order chi connectivity index (χ0) is 17.8. The van der Waals surface area contributed by atoms with Gasteiger partial charge in [-0.2, -0.15) is 10.4 Å². The lowest BCUT2D eigenvalue weighted by Crippen LogP contribution is -2.45. The van der Waals surface area contributed by atoms with E-state index >= 15 is 0 Å². The van der Waals surface area contributed by atoms with Crippen molar-refractivity contribution in [3.63, 3.8) is 0 Å². The lowest BCUT2D eigenvalue weighted by Gasteiger charge is -2.36. The Morgan fingerprint density at radius 3 is 2.80 bits per heavy atom. The van der Waals surface area contributed by atoms with Crippen LogP contribution in [0.3, 0.4) is 0 Å². The van der Waals surface area contributed by atoms with Gasteiger partial charge in [-0.3, -0.25) is 14.4 Å². The molecule has 0 spiro atoms. The molecule has 0 N–H and O–H groups in total. The van der Waals surface area contributed by atoms with E-state index in [0.29, 0.717) is 11.1 Å². The molecule has 130 valence electrons. The van der Waals surface area contributed by atoms with E-state index in [1.807, 2.05) is 37.2 Å². The van der Waals surface area contributed by atoms with E-state index in [1.54, 1.807) is 17.1 Å². The van der Waals surface area contributed by atoms with Crippen LogP contribution in [0.5, 0.6) is 0 Å². The highest BCUT2D eigenvalue weighted by Gasteiger charge is 2.26. The van der Waals surface area contributed by atoms with E-state index in [2.05, 4.69) is 22.1 Å². The minimum absolute atomic E-state index is 0.0354. The first-order chi connectivity index (χ1) is 12.1. The normalized spacial score (nSPS) is 15.7. The van der Waals surface area contributed by atoms with Gasteiger partial charge in [-0.05, 0) is 30.5 Å². The highest BCUT2D eigenvalue weighted by atomic mass is 16.2. The smallest absolute Gasteiger partial charge is 0.257 e. The molecule has 25 heavy (non-hydrogen) atoms. The molecule has 1 fully saturated rings. The Hall–Kier alpha value is -2.65. The molecule has 2 aromatic rings. The van der Waals surface area contributed by atoms with Crippen molar-refractivity contribution in [2.45, 2.75) is 25.4 Å². The van der Waals surface area contributed by atoms with E-state index in [-0.39, 0.29) is 11.9 Å². The average molecular weight is 337 g/mol. The fourth-order valence-corrected chi connectivity index (χ4v) is 3.36. The Labute approximate surface area is 148 Å². The van der Waals surface area contributed by atoms with Crippen molar-refractivity contribution < 1.29 is 4.79 Å². The molecular formula is C19H23N5O. The summed E-state index contributed by atoms with van der Waals surface area (Å²) >= 11 is 0. The summed E-state index contributed by atoms with van der Waals surface area (Å²) < 4.78 is 1.65. The number of likely N-dealkylation sites (tertiary alicyclic amines) is 1. The lowest BCUT2D eigenvalue weighted by molar-refractivity contribution is 0.0636. The van der Waals surface area contributed by atoms with Crippen molar-refractivity contribution in [3.8, 4) is 6.07 Å². The van der Waals surface area contributed by atoms with Crippen LogP contribution in [0, 0.1) is 11.3 Å². The Bertz CT molecular complexity index is 783. The van der Waals surface area contributed by atoms with Gasteiger partial charge in [0, 0.05) is 46.0 Å². The van der Waals surface area contributed by atoms with Crippen molar-refractivity contribution >= 4 is 5.91 Å². The second kappa shape index (κ2) is 7.49. The molecule has 2 heterocycles. The van der Waals surface area contributed by atoms with Gasteiger partial charge in [-0.25, -0.2) is 0 Å². The predicted molar refractivity (Wildman–Crippen MR) is 94.8 cm³/mol. The zero-order valence-corrected chi connectivity index (χ0v) is 14.7. The van der Waals surface area contributed by atoms with Crippen LogP contribution in [-0.4, -0.2) is 51.7 Å². The van der Waals surface area contributed by atoms with Gasteiger partial charge < -0.3 is 4.90 Å². The zero-order valence-electron chi connectivity index (χ0n) is 14.7. The van der Waals surface area contributed by atoms with Crippen LogP contribution >= 0.6 is 0 Å². The van der Waals surface area contributed by atoms with Crippen LogP contribution in [0.4, 0.5) is 0 Å². The minimum atomic E-state index is 0.0354. The minimum Gasteiger partial charge on any atom is -0.339 e. The van der Waals surface area contributed by atoms with Crippen LogP contribution in [0.25, 0.3) is 0 Å². The molecule has 6 heteroatoms. The summed E-state index contributed by atoms with van der Waals surface area (Å²) in [6, 6.07) is 10.2. The number of carbonyl (C=O) groups is 1. The fourth-order valence-electron chi connectivity index (χ4n) is 3.36. The molecule has 0 unspecified atom stereocenters. The summed E-state index contributed by atoms with van der Waals surface area (Å²) in [5.74, 6) is 0.0354. The van der Waals surface area contributed by atoms with Gasteiger partial charge in [0.25, 0.3) is 5.91 Å². The first kappa shape index (κ1) is 17.2. The second-order valence-electron chi connectivity index (χ2n) is 6.64. The van der Waals surface area contributed by atoms with E-state index in [0.717, 1.165) is 38.0 Å². The largest absolute Gasteiger partial charge is 0.339 e. The number of aryl methyl sites for hydroxylation is 1. The maximum Gasteiger partial charge on any atom is 0.257 e. The first-order valence-corrected chi connectivity index (χ1v) is 8.54. The second-order valence-corrected chi connectivity index (χ2v) is 6.64. The highest BCUT2D eigenvalue weighted by Crippen LogP contribution is 2.19. The van der Waals surface area contributed by atoms with Gasteiger partial charge in [0.2, 0.25) is 0 Å². The van der Waals surface area contributed by atoms with Crippen LogP contribution in [-0.2, 0) is 13.6 Å². The number of hydrogen-bond donors (Lipinski definition) is 0. The van der Waals surface area contributed by atoms with E-state index in [4.69, 9.17) is 5.26 Å². The van der Waals surface area contributed by atoms with Crippen LogP contribution in [0.2, 0.25) is 0 Å². The number of aromatic nitrogens is 2. The van der Waals surface area contributed by atoms with Gasteiger partial charge in [-0.15, -0.1) is 0 Å². The Morgan fingerprint density at radius 2 is 2.16 bits per heavy atom. The summed E-state index contributed by atoms with van der Waals surface area (Å²) in [5, 5.41) is 13.1. The number of rotatable bonds is 4. The van der Waals surface area contributed by atoms with Gasteiger partial charge in [0.1, 0.15) is 0 Å². The molecule has 0 atom stereocenters. The standard InChI is InChI=1S/C19H23N5O/c1-22-14-17(12-21-22)19(25)23(2)18-6-8-24(9-7-18)13-16-5-3-4-15(10-16)11-20/h3-5,10,12,14,18H,6-9,13H2,1-2H3. The van der Waals surface area contributed by atoms with E-state index in [9.17, 15) is 4.79 Å². The molecule has 1 amide bonds. The van der Waals surface area contributed by atoms with Crippen LogP contribution in [0.15, 0.2) is 36.7 Å². The molecule has 0 aliphatic carbocycles. The molecule has 0 bridgehead atoms. The number of hydrogen-bond acceptors (Lipinski definition) is 4.